The van der Waals surface area contributed by atoms with Crippen LogP contribution in [0.4, 0.5) is 8.78 Å². The van der Waals surface area contributed by atoms with Crippen molar-refractivity contribution in [3.63, 3.8) is 0 Å². The Morgan fingerprint density at radius 3 is 2.94 bits per heavy atom. The summed E-state index contributed by atoms with van der Waals surface area (Å²) in [6.45, 7) is 3.32. The number of nitrogens with zero attached hydrogens (tertiary/aromatic N) is 3. The molecule has 0 unspecified atom stereocenters. The summed E-state index contributed by atoms with van der Waals surface area (Å²) in [7, 11) is 0. The van der Waals surface area contributed by atoms with E-state index in [-0.39, 0.29) is 5.69 Å². The number of benzene rings is 1. The molecule has 0 aliphatic rings. The van der Waals surface area contributed by atoms with Gasteiger partial charge in [-0.3, -0.25) is 0 Å². The van der Waals surface area contributed by atoms with Crippen molar-refractivity contribution in [2.24, 2.45) is 0 Å². The van der Waals surface area contributed by atoms with E-state index in [4.69, 9.17) is 0 Å². The highest BCUT2D eigenvalue weighted by Gasteiger charge is 2.08. The van der Waals surface area contributed by atoms with Gasteiger partial charge in [0.05, 0.1) is 11.9 Å². The maximum absolute atomic E-state index is 13.4. The topological polar surface area (TPSA) is 42.7 Å². The van der Waals surface area contributed by atoms with Gasteiger partial charge in [0.15, 0.2) is 0 Å². The molecule has 0 saturated heterocycles. The van der Waals surface area contributed by atoms with Crippen LogP contribution in [-0.2, 0) is 6.54 Å². The van der Waals surface area contributed by atoms with Crippen LogP contribution >= 0.6 is 0 Å². The molecule has 90 valence electrons. The Morgan fingerprint density at radius 2 is 2.18 bits per heavy atom. The molecular weight excluding hydrogens is 226 g/mol. The van der Waals surface area contributed by atoms with Crippen molar-refractivity contribution >= 4 is 0 Å². The fourth-order valence-corrected chi connectivity index (χ4v) is 1.41. The number of halogens is 2. The molecule has 2 aromatic rings. The van der Waals surface area contributed by atoms with E-state index in [0.29, 0.717) is 12.2 Å². The summed E-state index contributed by atoms with van der Waals surface area (Å²) in [6.07, 6.45) is 1.57. The van der Waals surface area contributed by atoms with E-state index in [1.54, 1.807) is 6.20 Å². The fraction of sp³-hybridized carbons (Fsp3) is 0.273. The van der Waals surface area contributed by atoms with Crippen molar-refractivity contribution in [1.29, 1.82) is 0 Å². The number of hydrogen-bond donors (Lipinski definition) is 1. The lowest BCUT2D eigenvalue weighted by atomic mass is 10.3. The molecule has 0 bridgehead atoms. The first kappa shape index (κ1) is 11.7. The molecule has 1 heterocycles. The number of rotatable bonds is 4. The van der Waals surface area contributed by atoms with Crippen molar-refractivity contribution in [2.45, 2.75) is 13.5 Å². The lowest BCUT2D eigenvalue weighted by Gasteiger charge is -2.01. The third kappa shape index (κ3) is 2.65. The Labute approximate surface area is 97.3 Å². The van der Waals surface area contributed by atoms with Crippen LogP contribution < -0.4 is 5.32 Å². The van der Waals surface area contributed by atoms with E-state index in [2.05, 4.69) is 15.6 Å². The molecule has 1 aromatic heterocycles. The third-order valence-electron chi connectivity index (χ3n) is 2.25. The normalized spacial score (nSPS) is 10.8. The Bertz CT molecular complexity index is 510. The Balaban J connectivity index is 2.27. The van der Waals surface area contributed by atoms with Gasteiger partial charge in [0.25, 0.3) is 0 Å². The van der Waals surface area contributed by atoms with Gasteiger partial charge in [-0.25, -0.2) is 13.5 Å². The molecule has 1 aromatic carbocycles. The second-order valence-corrected chi connectivity index (χ2v) is 3.53. The van der Waals surface area contributed by atoms with Gasteiger partial charge in [0, 0.05) is 12.6 Å². The monoisotopic (exact) mass is 238 g/mol. The Hall–Kier alpha value is -1.82. The summed E-state index contributed by atoms with van der Waals surface area (Å²) in [5, 5.41) is 10.7. The molecule has 0 spiro atoms. The average molecular weight is 238 g/mol. The predicted molar refractivity (Wildman–Crippen MR) is 58.7 cm³/mol. The molecule has 2 rings (SSSR count). The number of hydrogen-bond acceptors (Lipinski definition) is 3. The van der Waals surface area contributed by atoms with Gasteiger partial charge in [-0.1, -0.05) is 12.1 Å². The SMILES string of the molecule is CCNCc1cn(-c2cc(F)ccc2F)nn1. The minimum Gasteiger partial charge on any atom is -0.311 e. The summed E-state index contributed by atoms with van der Waals surface area (Å²) >= 11 is 0. The average Bonchev–Trinajstić information content (AvgIpc) is 2.78. The first-order valence-electron chi connectivity index (χ1n) is 5.28. The quantitative estimate of drug-likeness (QED) is 0.880. The molecule has 0 amide bonds. The Morgan fingerprint density at radius 1 is 1.35 bits per heavy atom. The van der Waals surface area contributed by atoms with Gasteiger partial charge in [-0.05, 0) is 18.7 Å². The van der Waals surface area contributed by atoms with Crippen molar-refractivity contribution in [3.8, 4) is 5.69 Å². The van der Waals surface area contributed by atoms with Crippen LogP contribution in [0.2, 0.25) is 0 Å². The summed E-state index contributed by atoms with van der Waals surface area (Å²) in [5.74, 6) is -1.04. The van der Waals surface area contributed by atoms with Crippen LogP contribution in [-0.4, -0.2) is 21.5 Å². The Kier molecular flexibility index (Phi) is 3.43. The molecule has 6 heteroatoms. The second-order valence-electron chi connectivity index (χ2n) is 3.53. The molecule has 4 nitrogen and oxygen atoms in total. The highest BCUT2D eigenvalue weighted by molar-refractivity contribution is 5.32. The van der Waals surface area contributed by atoms with Crippen molar-refractivity contribution in [2.75, 3.05) is 6.54 Å². The predicted octanol–water partition coefficient (Wildman–Crippen LogP) is 1.66. The molecule has 17 heavy (non-hydrogen) atoms. The van der Waals surface area contributed by atoms with E-state index in [1.165, 1.54) is 4.68 Å². The lowest BCUT2D eigenvalue weighted by molar-refractivity contribution is 0.584. The van der Waals surface area contributed by atoms with Crippen LogP contribution in [0, 0.1) is 11.6 Å². The van der Waals surface area contributed by atoms with Crippen LogP contribution in [0.1, 0.15) is 12.6 Å². The van der Waals surface area contributed by atoms with Gasteiger partial charge in [-0.15, -0.1) is 5.10 Å². The maximum atomic E-state index is 13.4. The molecule has 0 radical (unpaired) electrons. The summed E-state index contributed by atoms with van der Waals surface area (Å²) < 4.78 is 27.7. The molecule has 0 fully saturated rings. The van der Waals surface area contributed by atoms with Gasteiger partial charge in [-0.2, -0.15) is 0 Å². The first-order valence-corrected chi connectivity index (χ1v) is 5.28. The largest absolute Gasteiger partial charge is 0.311 e. The molecule has 0 atom stereocenters. The summed E-state index contributed by atoms with van der Waals surface area (Å²) in [4.78, 5) is 0. The van der Waals surface area contributed by atoms with Crippen LogP contribution in [0.5, 0.6) is 0 Å². The summed E-state index contributed by atoms with van der Waals surface area (Å²) in [6, 6.07) is 3.21. The second kappa shape index (κ2) is 5.01. The van der Waals surface area contributed by atoms with Crippen LogP contribution in [0.15, 0.2) is 24.4 Å². The first-order chi connectivity index (χ1) is 8.20. The minimum atomic E-state index is -0.536. The van der Waals surface area contributed by atoms with Crippen molar-refractivity contribution in [3.05, 3.63) is 41.7 Å². The van der Waals surface area contributed by atoms with Gasteiger partial charge in [0.1, 0.15) is 17.3 Å². The number of nitrogens with one attached hydrogen (secondary N) is 1. The van der Waals surface area contributed by atoms with Gasteiger partial charge < -0.3 is 5.32 Å². The van der Waals surface area contributed by atoms with Crippen LogP contribution in [0.25, 0.3) is 5.69 Å². The zero-order chi connectivity index (χ0) is 12.3. The number of aromatic nitrogens is 3. The van der Waals surface area contributed by atoms with Gasteiger partial charge >= 0.3 is 0 Å². The van der Waals surface area contributed by atoms with E-state index in [1.807, 2.05) is 6.92 Å². The molecular formula is C11H12F2N4. The fourth-order valence-electron chi connectivity index (χ4n) is 1.41. The van der Waals surface area contributed by atoms with E-state index >= 15 is 0 Å². The summed E-state index contributed by atoms with van der Waals surface area (Å²) in [5.41, 5.74) is 0.732. The zero-order valence-electron chi connectivity index (χ0n) is 9.32. The highest BCUT2D eigenvalue weighted by atomic mass is 19.1. The van der Waals surface area contributed by atoms with Crippen molar-refractivity contribution in [1.82, 2.24) is 20.3 Å². The van der Waals surface area contributed by atoms with E-state index in [9.17, 15) is 8.78 Å². The van der Waals surface area contributed by atoms with E-state index in [0.717, 1.165) is 24.7 Å². The molecule has 1 N–H and O–H groups in total. The smallest absolute Gasteiger partial charge is 0.149 e. The van der Waals surface area contributed by atoms with Crippen molar-refractivity contribution < 1.29 is 8.78 Å². The lowest BCUT2D eigenvalue weighted by Crippen LogP contribution is -2.11. The zero-order valence-corrected chi connectivity index (χ0v) is 9.32. The molecule has 0 saturated carbocycles. The van der Waals surface area contributed by atoms with E-state index < -0.39 is 11.6 Å². The highest BCUT2D eigenvalue weighted by Crippen LogP contribution is 2.13. The third-order valence-corrected chi connectivity index (χ3v) is 2.25. The minimum absolute atomic E-state index is 0.0558. The van der Waals surface area contributed by atoms with Gasteiger partial charge in [0.2, 0.25) is 0 Å². The maximum Gasteiger partial charge on any atom is 0.149 e. The standard InChI is InChI=1S/C11H12F2N4/c1-2-14-6-9-7-17(16-15-9)11-5-8(12)3-4-10(11)13/h3-5,7,14H,2,6H2,1H3. The molecule has 0 aliphatic carbocycles. The van der Waals surface area contributed by atoms with Crippen LogP contribution in [0.3, 0.4) is 0 Å². The molecule has 0 aliphatic heterocycles.